The molecule has 1 rings (SSSR count). The largest absolute Gasteiger partial charge is 0.399 e. The summed E-state index contributed by atoms with van der Waals surface area (Å²) in [6.07, 6.45) is 0.872. The number of hydrogen-bond donors (Lipinski definition) is 2. The summed E-state index contributed by atoms with van der Waals surface area (Å²) in [5.74, 6) is -0.202. The first-order chi connectivity index (χ1) is 7.63. The van der Waals surface area contributed by atoms with Gasteiger partial charge in [-0.25, -0.2) is 0 Å². The van der Waals surface area contributed by atoms with Gasteiger partial charge in [-0.1, -0.05) is 13.0 Å². The molecule has 88 valence electrons. The van der Waals surface area contributed by atoms with Gasteiger partial charge in [-0.05, 0) is 24.6 Å². The average molecular weight is 240 g/mol. The highest BCUT2D eigenvalue weighted by atomic mass is 32.2. The molecule has 0 aliphatic heterocycles. The molecular weight excluding hydrogens is 224 g/mol. The van der Waals surface area contributed by atoms with Crippen LogP contribution in [-0.4, -0.2) is 22.4 Å². The molecule has 0 aliphatic carbocycles. The van der Waals surface area contributed by atoms with E-state index in [1.165, 1.54) is 0 Å². The van der Waals surface area contributed by atoms with Crippen molar-refractivity contribution in [2.45, 2.75) is 18.2 Å². The lowest BCUT2D eigenvalue weighted by molar-refractivity contribution is -0.118. The number of benzene rings is 1. The monoisotopic (exact) mass is 240 g/mol. The zero-order valence-electron chi connectivity index (χ0n) is 9.23. The lowest BCUT2D eigenvalue weighted by Gasteiger charge is -2.04. The summed E-state index contributed by atoms with van der Waals surface area (Å²) in [7, 11) is -1.32. The third-order valence-corrected chi connectivity index (χ3v) is 3.26. The lowest BCUT2D eigenvalue weighted by Crippen LogP contribution is -2.28. The second-order valence-corrected chi connectivity index (χ2v) is 4.86. The number of anilines is 1. The van der Waals surface area contributed by atoms with E-state index in [0.717, 1.165) is 6.42 Å². The van der Waals surface area contributed by atoms with Crippen LogP contribution >= 0.6 is 0 Å². The third-order valence-electron chi connectivity index (χ3n) is 1.96. The van der Waals surface area contributed by atoms with Crippen LogP contribution in [0.2, 0.25) is 0 Å². The molecule has 0 saturated carbocycles. The van der Waals surface area contributed by atoms with E-state index in [9.17, 15) is 9.00 Å². The number of nitrogens with two attached hydrogens (primary N) is 1. The maximum absolute atomic E-state index is 11.8. The Hall–Kier alpha value is -1.36. The summed E-state index contributed by atoms with van der Waals surface area (Å²) in [5, 5.41) is 2.68. The van der Waals surface area contributed by atoms with Crippen LogP contribution in [0.25, 0.3) is 0 Å². The molecule has 1 atom stereocenters. The van der Waals surface area contributed by atoms with Crippen LogP contribution in [0.5, 0.6) is 0 Å². The molecule has 0 aromatic heterocycles. The highest BCUT2D eigenvalue weighted by molar-refractivity contribution is 7.85. The number of carbonyl (C=O) groups is 1. The Morgan fingerprint density at radius 3 is 2.88 bits per heavy atom. The van der Waals surface area contributed by atoms with Crippen molar-refractivity contribution in [3.63, 3.8) is 0 Å². The second kappa shape index (κ2) is 6.27. The van der Waals surface area contributed by atoms with Crippen LogP contribution in [0.1, 0.15) is 13.3 Å². The number of nitrogens with one attached hydrogen (secondary N) is 1. The Balaban J connectivity index is 2.55. The molecule has 0 saturated heterocycles. The maximum Gasteiger partial charge on any atom is 0.232 e. The third kappa shape index (κ3) is 4.02. The van der Waals surface area contributed by atoms with E-state index >= 15 is 0 Å². The molecule has 0 aliphatic rings. The van der Waals surface area contributed by atoms with Crippen molar-refractivity contribution >= 4 is 22.4 Å². The van der Waals surface area contributed by atoms with Crippen LogP contribution in [0.15, 0.2) is 29.2 Å². The molecule has 1 unspecified atom stereocenters. The Morgan fingerprint density at radius 2 is 2.25 bits per heavy atom. The van der Waals surface area contributed by atoms with Crippen molar-refractivity contribution in [1.29, 1.82) is 0 Å². The van der Waals surface area contributed by atoms with Gasteiger partial charge in [0.15, 0.2) is 0 Å². The number of amides is 1. The maximum atomic E-state index is 11.8. The van der Waals surface area contributed by atoms with Gasteiger partial charge in [0, 0.05) is 17.1 Å². The highest BCUT2D eigenvalue weighted by Crippen LogP contribution is 2.10. The Morgan fingerprint density at radius 1 is 1.50 bits per heavy atom. The van der Waals surface area contributed by atoms with E-state index in [2.05, 4.69) is 5.32 Å². The SMILES string of the molecule is CCCNC(=O)CS(=O)c1cccc(N)c1. The van der Waals surface area contributed by atoms with Crippen LogP contribution in [0.4, 0.5) is 5.69 Å². The molecule has 3 N–H and O–H groups in total. The Bertz CT molecular complexity index is 393. The predicted molar refractivity (Wildman–Crippen MR) is 65.4 cm³/mol. The molecule has 0 bridgehead atoms. The molecule has 0 fully saturated rings. The lowest BCUT2D eigenvalue weighted by atomic mass is 10.3. The van der Waals surface area contributed by atoms with E-state index < -0.39 is 10.8 Å². The molecule has 0 spiro atoms. The molecule has 16 heavy (non-hydrogen) atoms. The standard InChI is InChI=1S/C11H16N2O2S/c1-2-6-13-11(14)8-16(15)10-5-3-4-9(12)7-10/h3-5,7H,2,6,8,12H2,1H3,(H,13,14). The summed E-state index contributed by atoms with van der Waals surface area (Å²) < 4.78 is 11.8. The first kappa shape index (κ1) is 12.7. The number of carbonyl (C=O) groups excluding carboxylic acids is 1. The van der Waals surface area contributed by atoms with Gasteiger partial charge in [0.1, 0.15) is 5.75 Å². The molecule has 1 amide bonds. The molecule has 5 heteroatoms. The van der Waals surface area contributed by atoms with Gasteiger partial charge >= 0.3 is 0 Å². The van der Waals surface area contributed by atoms with Crippen molar-refractivity contribution in [3.8, 4) is 0 Å². The number of nitrogen functional groups attached to an aromatic ring is 1. The van der Waals surface area contributed by atoms with Crippen molar-refractivity contribution in [1.82, 2.24) is 5.32 Å². The van der Waals surface area contributed by atoms with Crippen LogP contribution in [-0.2, 0) is 15.6 Å². The van der Waals surface area contributed by atoms with Crippen molar-refractivity contribution in [2.75, 3.05) is 18.0 Å². The van der Waals surface area contributed by atoms with Gasteiger partial charge in [0.25, 0.3) is 0 Å². The molecule has 0 radical (unpaired) electrons. The van der Waals surface area contributed by atoms with E-state index in [1.807, 2.05) is 6.92 Å². The first-order valence-corrected chi connectivity index (χ1v) is 6.46. The average Bonchev–Trinajstić information content (AvgIpc) is 2.26. The van der Waals surface area contributed by atoms with Gasteiger partial charge in [-0.3, -0.25) is 9.00 Å². The number of hydrogen-bond acceptors (Lipinski definition) is 3. The molecule has 1 aromatic rings. The predicted octanol–water partition coefficient (Wildman–Crippen LogP) is 0.903. The zero-order valence-corrected chi connectivity index (χ0v) is 10.0. The van der Waals surface area contributed by atoms with E-state index in [4.69, 9.17) is 5.73 Å². The molecule has 0 heterocycles. The quantitative estimate of drug-likeness (QED) is 0.751. The normalized spacial score (nSPS) is 12.1. The van der Waals surface area contributed by atoms with Crippen molar-refractivity contribution < 1.29 is 9.00 Å². The first-order valence-electron chi connectivity index (χ1n) is 5.14. The number of rotatable bonds is 5. The van der Waals surface area contributed by atoms with Gasteiger partial charge in [-0.2, -0.15) is 0 Å². The second-order valence-electron chi connectivity index (χ2n) is 3.41. The highest BCUT2D eigenvalue weighted by Gasteiger charge is 2.09. The smallest absolute Gasteiger partial charge is 0.232 e. The van der Waals surface area contributed by atoms with Crippen LogP contribution in [0, 0.1) is 0 Å². The summed E-state index contributed by atoms with van der Waals surface area (Å²) in [6, 6.07) is 6.78. The minimum Gasteiger partial charge on any atom is -0.399 e. The molecule has 1 aromatic carbocycles. The van der Waals surface area contributed by atoms with E-state index in [-0.39, 0.29) is 11.7 Å². The fourth-order valence-electron chi connectivity index (χ4n) is 1.17. The summed E-state index contributed by atoms with van der Waals surface area (Å²) in [6.45, 7) is 2.59. The fraction of sp³-hybridized carbons (Fsp3) is 0.364. The Kier molecular flexibility index (Phi) is 4.98. The summed E-state index contributed by atoms with van der Waals surface area (Å²) >= 11 is 0. The molecule has 4 nitrogen and oxygen atoms in total. The Labute approximate surface area is 97.7 Å². The van der Waals surface area contributed by atoms with Gasteiger partial charge in [0.05, 0.1) is 10.8 Å². The summed E-state index contributed by atoms with van der Waals surface area (Å²) in [4.78, 5) is 11.9. The van der Waals surface area contributed by atoms with Crippen molar-refractivity contribution in [2.24, 2.45) is 0 Å². The van der Waals surface area contributed by atoms with Crippen LogP contribution in [0.3, 0.4) is 0 Å². The van der Waals surface area contributed by atoms with Crippen LogP contribution < -0.4 is 11.1 Å². The minimum atomic E-state index is -1.32. The fourth-order valence-corrected chi connectivity index (χ4v) is 2.18. The van der Waals surface area contributed by atoms with E-state index in [0.29, 0.717) is 17.1 Å². The van der Waals surface area contributed by atoms with E-state index in [1.54, 1.807) is 24.3 Å². The van der Waals surface area contributed by atoms with Gasteiger partial charge in [0.2, 0.25) is 5.91 Å². The summed E-state index contributed by atoms with van der Waals surface area (Å²) in [5.41, 5.74) is 6.13. The van der Waals surface area contributed by atoms with Gasteiger partial charge in [-0.15, -0.1) is 0 Å². The van der Waals surface area contributed by atoms with Crippen molar-refractivity contribution in [3.05, 3.63) is 24.3 Å². The molecular formula is C11H16N2O2S. The topological polar surface area (TPSA) is 72.2 Å². The minimum absolute atomic E-state index is 0.0105. The zero-order chi connectivity index (χ0) is 12.0. The van der Waals surface area contributed by atoms with Gasteiger partial charge < -0.3 is 11.1 Å².